The number of rotatable bonds is 5. The number of fused-ring (bicyclic) bond motifs is 1. The number of nitrogens with zero attached hydrogens (tertiary/aromatic N) is 3. The van der Waals surface area contributed by atoms with Crippen molar-refractivity contribution in [3.63, 3.8) is 0 Å². The van der Waals surface area contributed by atoms with Crippen molar-refractivity contribution in [1.29, 1.82) is 0 Å². The number of nitrogens with one attached hydrogen (secondary N) is 1. The summed E-state index contributed by atoms with van der Waals surface area (Å²) in [6, 6.07) is 0. The van der Waals surface area contributed by atoms with Crippen molar-refractivity contribution in [3.05, 3.63) is 35.3 Å². The molecule has 1 aliphatic heterocycles. The van der Waals surface area contributed by atoms with Gasteiger partial charge in [-0.15, -0.1) is 0 Å². The number of aromatic nitrogens is 3. The first-order chi connectivity index (χ1) is 13.2. The maximum atomic E-state index is 12.7. The zero-order valence-corrected chi connectivity index (χ0v) is 15.4. The highest BCUT2D eigenvalue weighted by Gasteiger charge is 2.23. The molecule has 0 unspecified atom stereocenters. The van der Waals surface area contributed by atoms with E-state index in [0.29, 0.717) is 44.7 Å². The van der Waals surface area contributed by atoms with E-state index in [-0.39, 0.29) is 18.2 Å². The molecule has 9 heteroatoms. The molecule has 0 aromatic carbocycles. The topological polar surface area (TPSA) is 108 Å². The molecule has 146 valence electrons. The van der Waals surface area contributed by atoms with Gasteiger partial charge in [-0.3, -0.25) is 9.48 Å². The van der Waals surface area contributed by atoms with E-state index in [1.54, 1.807) is 4.68 Å². The second-order valence-corrected chi connectivity index (χ2v) is 6.18. The highest BCUT2D eigenvalue weighted by atomic mass is 16.5. The summed E-state index contributed by atoms with van der Waals surface area (Å²) in [7, 11) is 0. The molecule has 0 saturated carbocycles. The van der Waals surface area contributed by atoms with Crippen molar-refractivity contribution >= 4 is 11.9 Å². The van der Waals surface area contributed by atoms with E-state index in [1.807, 2.05) is 6.92 Å². The average Bonchev–Trinajstić information content (AvgIpc) is 3.31. The fourth-order valence-electron chi connectivity index (χ4n) is 3.02. The Labute approximate surface area is 157 Å². The maximum Gasteiger partial charge on any atom is 0.360 e. The fraction of sp³-hybridized carbons (Fsp3) is 0.556. The molecule has 2 aromatic rings. The first-order valence-corrected chi connectivity index (χ1v) is 9.20. The van der Waals surface area contributed by atoms with Crippen molar-refractivity contribution in [2.24, 2.45) is 0 Å². The number of esters is 1. The zero-order valence-electron chi connectivity index (χ0n) is 15.4. The van der Waals surface area contributed by atoms with E-state index in [9.17, 15) is 9.59 Å². The second-order valence-electron chi connectivity index (χ2n) is 6.18. The van der Waals surface area contributed by atoms with E-state index < -0.39 is 5.97 Å². The van der Waals surface area contributed by atoms with Crippen molar-refractivity contribution in [2.75, 3.05) is 26.4 Å². The van der Waals surface area contributed by atoms with Gasteiger partial charge in [0.2, 0.25) is 0 Å². The summed E-state index contributed by atoms with van der Waals surface area (Å²) >= 11 is 0. The lowest BCUT2D eigenvalue weighted by molar-refractivity contribution is 0.0479. The van der Waals surface area contributed by atoms with Gasteiger partial charge in [-0.05, 0) is 25.7 Å². The lowest BCUT2D eigenvalue weighted by Crippen LogP contribution is -2.26. The second kappa shape index (κ2) is 9.31. The molecule has 0 fully saturated rings. The van der Waals surface area contributed by atoms with E-state index in [1.165, 1.54) is 12.7 Å². The molecule has 27 heavy (non-hydrogen) atoms. The standard InChI is InChI=1S/C18H24N4O5/c1-2-13-16-15(5-3-8-25-9-4-6-19-17(16)23)22(21-13)7-10-27-18(24)14-11-26-12-20-14/h11-12H,2-10H2,1H3,(H,19,23). The lowest BCUT2D eigenvalue weighted by Gasteiger charge is -2.10. The SMILES string of the molecule is CCc1nn(CCOC(=O)c2cocn2)c2c1C(=O)NCCCOCCC2. The Balaban J connectivity index is 1.74. The Hall–Kier alpha value is -2.68. The largest absolute Gasteiger partial charge is 0.459 e. The zero-order chi connectivity index (χ0) is 19.1. The molecule has 0 spiro atoms. The molecule has 1 aliphatic rings. The molecule has 1 amide bonds. The van der Waals surface area contributed by atoms with Gasteiger partial charge in [-0.2, -0.15) is 5.10 Å². The van der Waals surface area contributed by atoms with Gasteiger partial charge in [-0.1, -0.05) is 6.92 Å². The van der Waals surface area contributed by atoms with Crippen molar-refractivity contribution in [1.82, 2.24) is 20.1 Å². The van der Waals surface area contributed by atoms with Gasteiger partial charge in [0, 0.05) is 19.8 Å². The Bertz CT molecular complexity index is 769. The molecule has 0 radical (unpaired) electrons. The van der Waals surface area contributed by atoms with Crippen LogP contribution in [0.3, 0.4) is 0 Å². The van der Waals surface area contributed by atoms with E-state index in [4.69, 9.17) is 13.9 Å². The van der Waals surface area contributed by atoms with Crippen LogP contribution in [0.1, 0.15) is 52.0 Å². The third kappa shape index (κ3) is 4.73. The summed E-state index contributed by atoms with van der Waals surface area (Å²) in [5, 5.41) is 7.52. The summed E-state index contributed by atoms with van der Waals surface area (Å²) in [5.41, 5.74) is 2.38. The van der Waals surface area contributed by atoms with Crippen LogP contribution in [0.15, 0.2) is 17.1 Å². The van der Waals surface area contributed by atoms with Gasteiger partial charge >= 0.3 is 5.97 Å². The predicted octanol–water partition coefficient (Wildman–Crippen LogP) is 1.37. The summed E-state index contributed by atoms with van der Waals surface area (Å²) in [6.45, 7) is 4.31. The van der Waals surface area contributed by atoms with Crippen LogP contribution in [0.5, 0.6) is 0 Å². The Kier molecular flexibility index (Phi) is 6.59. The number of hydrogen-bond donors (Lipinski definition) is 1. The summed E-state index contributed by atoms with van der Waals surface area (Å²) in [5.74, 6) is -0.653. The molecular weight excluding hydrogens is 352 g/mol. The predicted molar refractivity (Wildman–Crippen MR) is 94.5 cm³/mol. The molecular formula is C18H24N4O5. The number of aryl methyl sites for hydroxylation is 1. The van der Waals surface area contributed by atoms with Crippen LogP contribution in [0, 0.1) is 0 Å². The van der Waals surface area contributed by atoms with Crippen LogP contribution in [0.2, 0.25) is 0 Å². The smallest absolute Gasteiger partial charge is 0.360 e. The maximum absolute atomic E-state index is 12.7. The fourth-order valence-corrected chi connectivity index (χ4v) is 3.02. The number of amides is 1. The minimum Gasteiger partial charge on any atom is -0.459 e. The van der Waals surface area contributed by atoms with Gasteiger partial charge in [0.15, 0.2) is 12.1 Å². The molecule has 0 saturated heterocycles. The molecule has 9 nitrogen and oxygen atoms in total. The van der Waals surface area contributed by atoms with Crippen LogP contribution < -0.4 is 5.32 Å². The van der Waals surface area contributed by atoms with Gasteiger partial charge < -0.3 is 19.2 Å². The average molecular weight is 376 g/mol. The number of ether oxygens (including phenoxy) is 2. The first-order valence-electron chi connectivity index (χ1n) is 9.20. The molecule has 0 atom stereocenters. The monoisotopic (exact) mass is 376 g/mol. The third-order valence-corrected chi connectivity index (χ3v) is 4.32. The third-order valence-electron chi connectivity index (χ3n) is 4.32. The lowest BCUT2D eigenvalue weighted by atomic mass is 10.1. The van der Waals surface area contributed by atoms with Gasteiger partial charge in [-0.25, -0.2) is 9.78 Å². The van der Waals surface area contributed by atoms with Crippen LogP contribution in [-0.2, 0) is 28.9 Å². The molecule has 2 aromatic heterocycles. The van der Waals surface area contributed by atoms with Crippen molar-refractivity contribution in [3.8, 4) is 0 Å². The highest BCUT2D eigenvalue weighted by molar-refractivity contribution is 5.96. The minimum absolute atomic E-state index is 0.102. The number of hydrogen-bond acceptors (Lipinski definition) is 7. The van der Waals surface area contributed by atoms with Gasteiger partial charge in [0.05, 0.1) is 23.5 Å². The van der Waals surface area contributed by atoms with Crippen molar-refractivity contribution in [2.45, 2.75) is 39.2 Å². The quantitative estimate of drug-likeness (QED) is 0.785. The summed E-state index contributed by atoms with van der Waals surface area (Å²) in [4.78, 5) is 28.3. The minimum atomic E-state index is -0.551. The Morgan fingerprint density at radius 1 is 1.37 bits per heavy atom. The van der Waals surface area contributed by atoms with Gasteiger partial charge in [0.1, 0.15) is 12.9 Å². The van der Waals surface area contributed by atoms with Gasteiger partial charge in [0.25, 0.3) is 5.91 Å². The highest BCUT2D eigenvalue weighted by Crippen LogP contribution is 2.18. The molecule has 0 bridgehead atoms. The van der Waals surface area contributed by atoms with E-state index >= 15 is 0 Å². The normalized spacial score (nSPS) is 15.5. The van der Waals surface area contributed by atoms with Crippen LogP contribution >= 0.6 is 0 Å². The van der Waals surface area contributed by atoms with E-state index in [2.05, 4.69) is 15.4 Å². The molecule has 3 heterocycles. The van der Waals surface area contributed by atoms with Crippen molar-refractivity contribution < 1.29 is 23.5 Å². The molecule has 0 aliphatic carbocycles. The van der Waals surface area contributed by atoms with Crippen LogP contribution in [-0.4, -0.2) is 53.0 Å². The summed E-state index contributed by atoms with van der Waals surface area (Å²) < 4.78 is 17.3. The Morgan fingerprint density at radius 2 is 2.22 bits per heavy atom. The number of carbonyl (C=O) groups excluding carboxylic acids is 2. The summed E-state index contributed by atoms with van der Waals surface area (Å²) in [6.07, 6.45) is 5.32. The first kappa shape index (κ1) is 19.1. The van der Waals surface area contributed by atoms with Crippen LogP contribution in [0.4, 0.5) is 0 Å². The number of oxazole rings is 1. The van der Waals surface area contributed by atoms with E-state index in [0.717, 1.165) is 24.2 Å². The molecule has 1 N–H and O–H groups in total. The Morgan fingerprint density at radius 3 is 3.00 bits per heavy atom. The van der Waals surface area contributed by atoms with Crippen LogP contribution in [0.25, 0.3) is 0 Å². The number of carbonyl (C=O) groups is 2. The molecule has 3 rings (SSSR count).